The number of hydrogen-bond donors (Lipinski definition) is 4. The minimum Gasteiger partial charge on any atom is -0.479 e. The Kier molecular flexibility index (Phi) is 4.92. The van der Waals surface area contributed by atoms with E-state index in [1.165, 1.54) is 24.3 Å². The summed E-state index contributed by atoms with van der Waals surface area (Å²) in [7, 11) is -3.31. The molecule has 0 heterocycles. The van der Waals surface area contributed by atoms with Crippen molar-refractivity contribution in [1.29, 1.82) is 0 Å². The van der Waals surface area contributed by atoms with E-state index in [1.807, 2.05) is 0 Å². The zero-order valence-electron chi connectivity index (χ0n) is 11.5. The van der Waals surface area contributed by atoms with Crippen molar-refractivity contribution in [1.82, 2.24) is 5.32 Å². The summed E-state index contributed by atoms with van der Waals surface area (Å²) in [4.78, 5) is 22.3. The van der Waals surface area contributed by atoms with Gasteiger partial charge < -0.3 is 20.8 Å². The van der Waals surface area contributed by atoms with E-state index in [-0.39, 0.29) is 4.90 Å². The van der Waals surface area contributed by atoms with E-state index >= 15 is 0 Å². The molecule has 4 N–H and O–H groups in total. The Morgan fingerprint density at radius 3 is 2.19 bits per heavy atom. The van der Waals surface area contributed by atoms with E-state index in [9.17, 15) is 23.1 Å². The Hall–Kier alpha value is -2.13. The molecule has 1 rings (SSSR count). The van der Waals surface area contributed by atoms with Crippen molar-refractivity contribution < 1.29 is 28.2 Å². The van der Waals surface area contributed by atoms with Crippen molar-refractivity contribution >= 4 is 27.5 Å². The fourth-order valence-electron chi connectivity index (χ4n) is 1.29. The molecule has 1 aromatic carbocycles. The summed E-state index contributed by atoms with van der Waals surface area (Å²) in [6.45, 7) is 0.576. The van der Waals surface area contributed by atoms with Crippen LogP contribution >= 0.6 is 0 Å². The Bertz CT molecular complexity index is 636. The first-order valence-corrected chi connectivity index (χ1v) is 7.72. The number of benzene rings is 1. The van der Waals surface area contributed by atoms with Gasteiger partial charge in [-0.25, -0.2) is 18.0 Å². The van der Waals surface area contributed by atoms with Gasteiger partial charge in [0.05, 0.1) is 11.4 Å². The molecular formula is C12H16N2O6S. The SMILES string of the molecule is CC(O)(CNC(=O)Nc1ccc(S(C)(=O)=O)cc1)C(=O)O. The fraction of sp³-hybridized carbons (Fsp3) is 0.333. The summed E-state index contributed by atoms with van der Waals surface area (Å²) in [5.41, 5.74) is -1.74. The number of carboxylic acid groups (broad SMARTS) is 1. The van der Waals surface area contributed by atoms with E-state index in [2.05, 4.69) is 10.6 Å². The molecule has 0 aromatic heterocycles. The van der Waals surface area contributed by atoms with E-state index < -0.39 is 34.0 Å². The lowest BCUT2D eigenvalue weighted by Gasteiger charge is -2.18. The summed E-state index contributed by atoms with van der Waals surface area (Å²) >= 11 is 0. The van der Waals surface area contributed by atoms with Gasteiger partial charge in [-0.15, -0.1) is 0 Å². The molecule has 0 aliphatic rings. The predicted molar refractivity (Wildman–Crippen MR) is 74.8 cm³/mol. The number of anilines is 1. The molecule has 116 valence electrons. The third-order valence-electron chi connectivity index (χ3n) is 2.59. The van der Waals surface area contributed by atoms with Gasteiger partial charge in [0, 0.05) is 11.9 Å². The minimum absolute atomic E-state index is 0.113. The molecule has 1 aromatic rings. The van der Waals surface area contributed by atoms with Crippen molar-refractivity contribution in [2.24, 2.45) is 0 Å². The molecule has 9 heteroatoms. The van der Waals surface area contributed by atoms with Crippen LogP contribution < -0.4 is 10.6 Å². The highest BCUT2D eigenvalue weighted by molar-refractivity contribution is 7.90. The van der Waals surface area contributed by atoms with E-state index in [4.69, 9.17) is 5.11 Å². The Morgan fingerprint density at radius 1 is 1.24 bits per heavy atom. The van der Waals surface area contributed by atoms with Crippen molar-refractivity contribution in [3.05, 3.63) is 24.3 Å². The first-order chi connectivity index (χ1) is 9.52. The number of carbonyl (C=O) groups excluding carboxylic acids is 1. The largest absolute Gasteiger partial charge is 0.479 e. The lowest BCUT2D eigenvalue weighted by atomic mass is 10.1. The summed E-state index contributed by atoms with van der Waals surface area (Å²) in [5.74, 6) is -1.46. The van der Waals surface area contributed by atoms with Crippen molar-refractivity contribution in [2.75, 3.05) is 18.1 Å². The molecule has 8 nitrogen and oxygen atoms in total. The molecule has 0 fully saturated rings. The third kappa shape index (κ3) is 5.04. The van der Waals surface area contributed by atoms with Crippen molar-refractivity contribution in [3.8, 4) is 0 Å². The number of urea groups is 1. The first kappa shape index (κ1) is 16.9. The Balaban J connectivity index is 2.62. The van der Waals surface area contributed by atoms with E-state index in [1.54, 1.807) is 0 Å². The van der Waals surface area contributed by atoms with E-state index in [0.717, 1.165) is 13.2 Å². The number of amides is 2. The third-order valence-corrected chi connectivity index (χ3v) is 3.72. The number of nitrogens with one attached hydrogen (secondary N) is 2. The molecule has 1 unspecified atom stereocenters. The van der Waals surface area contributed by atoms with Gasteiger partial charge >= 0.3 is 12.0 Å². The Morgan fingerprint density at radius 2 is 1.76 bits per heavy atom. The molecule has 0 aliphatic carbocycles. The van der Waals surface area contributed by atoms with Crippen molar-refractivity contribution in [3.63, 3.8) is 0 Å². The lowest BCUT2D eigenvalue weighted by molar-refractivity contribution is -0.155. The van der Waals surface area contributed by atoms with Gasteiger partial charge in [0.1, 0.15) is 0 Å². The van der Waals surface area contributed by atoms with Crippen molar-refractivity contribution in [2.45, 2.75) is 17.4 Å². The second-order valence-electron chi connectivity index (χ2n) is 4.68. The predicted octanol–water partition coefficient (Wildman–Crippen LogP) is 0.0472. The normalized spacial score (nSPS) is 14.0. The number of carboxylic acids is 1. The van der Waals surface area contributed by atoms with Crippen LogP contribution in [0.15, 0.2) is 29.2 Å². The molecule has 0 saturated heterocycles. The molecule has 0 spiro atoms. The van der Waals surface area contributed by atoms with E-state index in [0.29, 0.717) is 5.69 Å². The van der Waals surface area contributed by atoms with Gasteiger partial charge in [-0.2, -0.15) is 0 Å². The first-order valence-electron chi connectivity index (χ1n) is 5.83. The highest BCUT2D eigenvalue weighted by Gasteiger charge is 2.30. The number of rotatable bonds is 5. The smallest absolute Gasteiger partial charge is 0.337 e. The van der Waals surface area contributed by atoms with Crippen LogP contribution in [0.25, 0.3) is 0 Å². The molecule has 0 radical (unpaired) electrons. The zero-order valence-corrected chi connectivity index (χ0v) is 12.3. The maximum Gasteiger partial charge on any atom is 0.337 e. The highest BCUT2D eigenvalue weighted by atomic mass is 32.2. The summed E-state index contributed by atoms with van der Waals surface area (Å²) in [6.07, 6.45) is 1.07. The Labute approximate surface area is 121 Å². The van der Waals surface area contributed by atoms with Crippen LogP contribution in [0.2, 0.25) is 0 Å². The molecule has 0 saturated carbocycles. The quantitative estimate of drug-likeness (QED) is 0.606. The topological polar surface area (TPSA) is 133 Å². The van der Waals surface area contributed by atoms with Gasteiger partial charge in [-0.1, -0.05) is 0 Å². The maximum atomic E-state index is 11.5. The summed E-state index contributed by atoms with van der Waals surface area (Å²) in [5, 5.41) is 22.7. The van der Waals surface area contributed by atoms with Crippen LogP contribution in [0.5, 0.6) is 0 Å². The molecule has 1 atom stereocenters. The van der Waals surface area contributed by atoms with Gasteiger partial charge in [0.2, 0.25) is 0 Å². The number of carbonyl (C=O) groups is 2. The number of aliphatic hydroxyl groups is 1. The second-order valence-corrected chi connectivity index (χ2v) is 6.70. The summed E-state index contributed by atoms with van der Waals surface area (Å²) in [6, 6.07) is 4.73. The molecule has 0 bridgehead atoms. The second kappa shape index (κ2) is 6.10. The lowest BCUT2D eigenvalue weighted by Crippen LogP contribution is -2.47. The molecule has 21 heavy (non-hydrogen) atoms. The zero-order chi connectivity index (χ0) is 16.3. The van der Waals surface area contributed by atoms with Crippen LogP contribution in [0.1, 0.15) is 6.92 Å². The highest BCUT2D eigenvalue weighted by Crippen LogP contribution is 2.13. The molecule has 0 aliphatic heterocycles. The monoisotopic (exact) mass is 316 g/mol. The average Bonchev–Trinajstić information content (AvgIpc) is 2.36. The molecule has 2 amide bonds. The van der Waals surface area contributed by atoms with Gasteiger partial charge in [0.25, 0.3) is 0 Å². The van der Waals surface area contributed by atoms with Gasteiger partial charge in [0.15, 0.2) is 15.4 Å². The van der Waals surface area contributed by atoms with Crippen LogP contribution in [0, 0.1) is 0 Å². The molecular weight excluding hydrogens is 300 g/mol. The average molecular weight is 316 g/mol. The number of hydrogen-bond acceptors (Lipinski definition) is 5. The van der Waals surface area contributed by atoms with Gasteiger partial charge in [-0.3, -0.25) is 0 Å². The van der Waals surface area contributed by atoms with Crippen LogP contribution in [-0.2, 0) is 14.6 Å². The standard InChI is InChI=1S/C12H16N2O6S/c1-12(18,10(15)16)7-13-11(17)14-8-3-5-9(6-4-8)21(2,19)20/h3-6,18H,7H2,1-2H3,(H,15,16)(H2,13,14,17). The van der Waals surface area contributed by atoms with Crippen LogP contribution in [0.3, 0.4) is 0 Å². The van der Waals surface area contributed by atoms with Gasteiger partial charge in [-0.05, 0) is 31.2 Å². The fourth-order valence-corrected chi connectivity index (χ4v) is 1.92. The van der Waals surface area contributed by atoms with Crippen LogP contribution in [0.4, 0.5) is 10.5 Å². The maximum absolute atomic E-state index is 11.5. The van der Waals surface area contributed by atoms with Crippen LogP contribution in [-0.4, -0.2) is 49.0 Å². The minimum atomic E-state index is -3.31. The summed E-state index contributed by atoms with van der Waals surface area (Å²) < 4.78 is 22.5. The number of sulfone groups is 1. The number of aliphatic carboxylic acids is 1.